The first kappa shape index (κ1) is 10.0. The number of nitrogens with one attached hydrogen (secondary N) is 1. The fourth-order valence-corrected chi connectivity index (χ4v) is 2.77. The van der Waals surface area contributed by atoms with E-state index in [9.17, 15) is 8.42 Å². The van der Waals surface area contributed by atoms with Gasteiger partial charge in [0.25, 0.3) is 0 Å². The van der Waals surface area contributed by atoms with E-state index in [0.29, 0.717) is 5.03 Å². The number of sulfone groups is 1. The average molecular weight is 299 g/mol. The predicted octanol–water partition coefficient (Wildman–Crippen LogP) is 1.18. The van der Waals surface area contributed by atoms with Gasteiger partial charge in [-0.15, -0.1) is 0 Å². The zero-order valence-corrected chi connectivity index (χ0v) is 9.81. The van der Waals surface area contributed by atoms with Crippen molar-refractivity contribution in [1.82, 2.24) is 5.32 Å². The Bertz CT molecular complexity index is 342. The van der Waals surface area contributed by atoms with Gasteiger partial charge in [0.2, 0.25) is 0 Å². The van der Waals surface area contributed by atoms with Crippen LogP contribution in [0.25, 0.3) is 0 Å². The van der Waals surface area contributed by atoms with Crippen LogP contribution in [0.2, 0.25) is 0 Å². The molecule has 1 aliphatic heterocycles. The molecule has 0 aromatic heterocycles. The number of dihydropyridines is 1. The van der Waals surface area contributed by atoms with E-state index in [-0.39, 0.29) is 4.05 Å². The van der Waals surface area contributed by atoms with Crippen molar-refractivity contribution in [1.29, 1.82) is 0 Å². The Kier molecular flexibility index (Phi) is 2.82. The number of halogens is 1. The summed E-state index contributed by atoms with van der Waals surface area (Å²) in [4.78, 5) is 0. The van der Waals surface area contributed by atoms with Gasteiger partial charge in [-0.2, -0.15) is 0 Å². The standard InChI is InChI=1S/C7H10INO2S/c1-5-3-6(8)9-7(4-5)12(2,10)11/h3-4,6,9H,1-2H3. The van der Waals surface area contributed by atoms with E-state index in [1.54, 1.807) is 6.08 Å². The van der Waals surface area contributed by atoms with Crippen molar-refractivity contribution in [2.75, 3.05) is 6.26 Å². The quantitative estimate of drug-likeness (QED) is 0.449. The summed E-state index contributed by atoms with van der Waals surface area (Å²) in [5.74, 6) is 0. The minimum absolute atomic E-state index is 0.0670. The minimum Gasteiger partial charge on any atom is -0.361 e. The monoisotopic (exact) mass is 299 g/mol. The molecule has 0 saturated heterocycles. The first-order chi connectivity index (χ1) is 5.39. The lowest BCUT2D eigenvalue weighted by Gasteiger charge is -2.17. The van der Waals surface area contributed by atoms with Crippen LogP contribution in [0.4, 0.5) is 0 Å². The third-order valence-electron chi connectivity index (χ3n) is 1.45. The molecule has 0 aromatic rings. The maximum Gasteiger partial charge on any atom is 0.190 e. The average Bonchev–Trinajstić information content (AvgIpc) is 1.82. The third-order valence-corrected chi connectivity index (χ3v) is 3.15. The Morgan fingerprint density at radius 2 is 2.17 bits per heavy atom. The van der Waals surface area contributed by atoms with Crippen LogP contribution in [-0.4, -0.2) is 18.7 Å². The number of hydrogen-bond donors (Lipinski definition) is 1. The van der Waals surface area contributed by atoms with Gasteiger partial charge in [0.1, 0.15) is 5.03 Å². The maximum absolute atomic E-state index is 11.1. The largest absolute Gasteiger partial charge is 0.361 e. The van der Waals surface area contributed by atoms with Crippen LogP contribution < -0.4 is 5.32 Å². The lowest BCUT2D eigenvalue weighted by molar-refractivity contribution is 0.603. The van der Waals surface area contributed by atoms with Crippen LogP contribution in [0, 0.1) is 0 Å². The van der Waals surface area contributed by atoms with E-state index in [4.69, 9.17) is 0 Å². The Morgan fingerprint density at radius 3 is 2.58 bits per heavy atom. The van der Waals surface area contributed by atoms with E-state index >= 15 is 0 Å². The van der Waals surface area contributed by atoms with Gasteiger partial charge in [0.05, 0.1) is 4.05 Å². The molecule has 1 rings (SSSR count). The molecule has 0 aromatic carbocycles. The van der Waals surface area contributed by atoms with E-state index in [1.807, 2.05) is 13.0 Å². The minimum atomic E-state index is -3.09. The SMILES string of the molecule is CC1=CC(I)NC(S(C)(=O)=O)=C1. The molecule has 5 heteroatoms. The summed E-state index contributed by atoms with van der Waals surface area (Å²) in [5, 5.41) is 3.18. The number of allylic oxidation sites excluding steroid dienone is 2. The van der Waals surface area contributed by atoms with Crippen molar-refractivity contribution in [2.24, 2.45) is 0 Å². The van der Waals surface area contributed by atoms with Crippen LogP contribution in [0.15, 0.2) is 22.8 Å². The van der Waals surface area contributed by atoms with Crippen molar-refractivity contribution < 1.29 is 8.42 Å². The zero-order chi connectivity index (χ0) is 9.35. The summed E-state index contributed by atoms with van der Waals surface area (Å²) in [7, 11) is -3.09. The summed E-state index contributed by atoms with van der Waals surface area (Å²) < 4.78 is 22.3. The van der Waals surface area contributed by atoms with Gasteiger partial charge in [-0.3, -0.25) is 0 Å². The highest BCUT2D eigenvalue weighted by Gasteiger charge is 2.16. The van der Waals surface area contributed by atoms with Crippen molar-refractivity contribution >= 4 is 32.4 Å². The summed E-state index contributed by atoms with van der Waals surface area (Å²) >= 11 is 2.13. The van der Waals surface area contributed by atoms with Gasteiger partial charge in [-0.25, -0.2) is 8.42 Å². The lowest BCUT2D eigenvalue weighted by Crippen LogP contribution is -2.28. The molecule has 0 fully saturated rings. The van der Waals surface area contributed by atoms with Gasteiger partial charge < -0.3 is 5.32 Å². The van der Waals surface area contributed by atoms with Gasteiger partial charge in [0, 0.05) is 6.26 Å². The molecule has 0 bridgehead atoms. The highest BCUT2D eigenvalue weighted by Crippen LogP contribution is 2.16. The molecule has 1 N–H and O–H groups in total. The highest BCUT2D eigenvalue weighted by molar-refractivity contribution is 14.1. The zero-order valence-electron chi connectivity index (χ0n) is 6.83. The Morgan fingerprint density at radius 1 is 1.58 bits per heavy atom. The Hall–Kier alpha value is -0.0400. The number of hydrogen-bond acceptors (Lipinski definition) is 3. The molecule has 12 heavy (non-hydrogen) atoms. The van der Waals surface area contributed by atoms with E-state index < -0.39 is 9.84 Å². The molecule has 0 aliphatic carbocycles. The normalized spacial score (nSPS) is 24.1. The highest BCUT2D eigenvalue weighted by atomic mass is 127. The summed E-state index contributed by atoms with van der Waals surface area (Å²) in [5.41, 5.74) is 0.980. The van der Waals surface area contributed by atoms with Crippen LogP contribution in [-0.2, 0) is 9.84 Å². The van der Waals surface area contributed by atoms with E-state index in [0.717, 1.165) is 5.57 Å². The van der Waals surface area contributed by atoms with Crippen LogP contribution in [0.1, 0.15) is 6.92 Å². The van der Waals surface area contributed by atoms with Crippen molar-refractivity contribution in [3.63, 3.8) is 0 Å². The van der Waals surface area contributed by atoms with Crippen molar-refractivity contribution in [2.45, 2.75) is 11.0 Å². The van der Waals surface area contributed by atoms with Crippen LogP contribution in [0.3, 0.4) is 0 Å². The Labute approximate surface area is 86.0 Å². The molecule has 0 saturated carbocycles. The van der Waals surface area contributed by atoms with Gasteiger partial charge in [-0.05, 0) is 24.6 Å². The molecule has 0 spiro atoms. The van der Waals surface area contributed by atoms with E-state index in [2.05, 4.69) is 27.9 Å². The predicted molar refractivity (Wildman–Crippen MR) is 57.6 cm³/mol. The second kappa shape index (κ2) is 3.37. The number of alkyl halides is 1. The van der Waals surface area contributed by atoms with Crippen LogP contribution in [0.5, 0.6) is 0 Å². The van der Waals surface area contributed by atoms with Crippen molar-refractivity contribution in [3.05, 3.63) is 22.8 Å². The fraction of sp³-hybridized carbons (Fsp3) is 0.429. The van der Waals surface area contributed by atoms with Crippen LogP contribution >= 0.6 is 22.6 Å². The molecular formula is C7H10INO2S. The molecule has 68 valence electrons. The Balaban J connectivity index is 3.04. The molecule has 1 aliphatic rings. The number of rotatable bonds is 1. The smallest absolute Gasteiger partial charge is 0.190 e. The van der Waals surface area contributed by atoms with Gasteiger partial charge in [-0.1, -0.05) is 22.6 Å². The third kappa shape index (κ3) is 2.48. The molecular weight excluding hydrogens is 289 g/mol. The second-order valence-corrected chi connectivity index (χ2v) is 6.06. The molecule has 0 amide bonds. The van der Waals surface area contributed by atoms with Gasteiger partial charge >= 0.3 is 0 Å². The summed E-state index contributed by atoms with van der Waals surface area (Å²) in [6.45, 7) is 1.89. The van der Waals surface area contributed by atoms with E-state index in [1.165, 1.54) is 6.26 Å². The summed E-state index contributed by atoms with van der Waals surface area (Å²) in [6.07, 6.45) is 4.81. The topological polar surface area (TPSA) is 46.2 Å². The first-order valence-electron chi connectivity index (χ1n) is 3.40. The molecule has 1 atom stereocenters. The molecule has 1 heterocycles. The van der Waals surface area contributed by atoms with Crippen molar-refractivity contribution in [3.8, 4) is 0 Å². The lowest BCUT2D eigenvalue weighted by atomic mass is 10.2. The molecule has 1 unspecified atom stereocenters. The first-order valence-corrected chi connectivity index (χ1v) is 6.54. The fourth-order valence-electron chi connectivity index (χ4n) is 0.919. The second-order valence-electron chi connectivity index (χ2n) is 2.74. The maximum atomic E-state index is 11.1. The molecule has 3 nitrogen and oxygen atoms in total. The summed E-state index contributed by atoms with van der Waals surface area (Å²) in [6, 6.07) is 0. The molecule has 0 radical (unpaired) electrons. The van der Waals surface area contributed by atoms with Gasteiger partial charge in [0.15, 0.2) is 9.84 Å².